The van der Waals surface area contributed by atoms with Gasteiger partial charge in [0.1, 0.15) is 11.1 Å². The Morgan fingerprint density at radius 1 is 1.30 bits per heavy atom. The van der Waals surface area contributed by atoms with Crippen LogP contribution in [0, 0.1) is 5.82 Å². The highest BCUT2D eigenvalue weighted by Crippen LogP contribution is 2.21. The SMILES string of the molecule is CCOc1cccc(Cn2cnc3ccc(Br)c(F)c3c2=O)c1. The molecule has 4 nitrogen and oxygen atoms in total. The zero-order valence-electron chi connectivity index (χ0n) is 12.4. The van der Waals surface area contributed by atoms with E-state index in [0.29, 0.717) is 18.7 Å². The van der Waals surface area contributed by atoms with E-state index in [0.717, 1.165) is 11.3 Å². The summed E-state index contributed by atoms with van der Waals surface area (Å²) in [5, 5.41) is -0.0113. The molecule has 0 fully saturated rings. The molecule has 2 aromatic carbocycles. The molecule has 0 radical (unpaired) electrons. The smallest absolute Gasteiger partial charge is 0.264 e. The Morgan fingerprint density at radius 3 is 2.91 bits per heavy atom. The van der Waals surface area contributed by atoms with Gasteiger partial charge < -0.3 is 4.74 Å². The van der Waals surface area contributed by atoms with Crippen LogP contribution in [0.4, 0.5) is 4.39 Å². The highest BCUT2D eigenvalue weighted by Gasteiger charge is 2.12. The first-order valence-corrected chi connectivity index (χ1v) is 7.94. The van der Waals surface area contributed by atoms with Gasteiger partial charge in [0, 0.05) is 0 Å². The van der Waals surface area contributed by atoms with E-state index in [1.807, 2.05) is 31.2 Å². The lowest BCUT2D eigenvalue weighted by molar-refractivity contribution is 0.340. The van der Waals surface area contributed by atoms with Crippen molar-refractivity contribution in [2.24, 2.45) is 0 Å². The Labute approximate surface area is 140 Å². The molecule has 0 saturated heterocycles. The molecule has 1 heterocycles. The van der Waals surface area contributed by atoms with Crippen molar-refractivity contribution >= 4 is 26.8 Å². The van der Waals surface area contributed by atoms with E-state index < -0.39 is 11.4 Å². The van der Waals surface area contributed by atoms with Crippen molar-refractivity contribution in [3.63, 3.8) is 0 Å². The predicted octanol–water partition coefficient (Wildman–Crippen LogP) is 3.75. The minimum atomic E-state index is -0.586. The van der Waals surface area contributed by atoms with Gasteiger partial charge in [0.05, 0.1) is 29.5 Å². The fraction of sp³-hybridized carbons (Fsp3) is 0.176. The zero-order chi connectivity index (χ0) is 16.4. The van der Waals surface area contributed by atoms with E-state index in [9.17, 15) is 9.18 Å². The summed E-state index contributed by atoms with van der Waals surface area (Å²) >= 11 is 3.10. The lowest BCUT2D eigenvalue weighted by atomic mass is 10.2. The summed E-state index contributed by atoms with van der Waals surface area (Å²) in [5.41, 5.74) is 0.820. The van der Waals surface area contributed by atoms with Crippen LogP contribution in [0.2, 0.25) is 0 Å². The fourth-order valence-corrected chi connectivity index (χ4v) is 2.72. The molecule has 23 heavy (non-hydrogen) atoms. The van der Waals surface area contributed by atoms with Gasteiger partial charge in [-0.2, -0.15) is 0 Å². The number of rotatable bonds is 4. The summed E-state index contributed by atoms with van der Waals surface area (Å²) in [4.78, 5) is 16.7. The van der Waals surface area contributed by atoms with Crippen molar-refractivity contribution in [1.29, 1.82) is 0 Å². The Bertz CT molecular complexity index is 924. The van der Waals surface area contributed by atoms with Gasteiger partial charge in [-0.25, -0.2) is 9.37 Å². The minimum Gasteiger partial charge on any atom is -0.494 e. The highest BCUT2D eigenvalue weighted by molar-refractivity contribution is 9.10. The predicted molar refractivity (Wildman–Crippen MR) is 90.4 cm³/mol. The van der Waals surface area contributed by atoms with Crippen LogP contribution in [-0.4, -0.2) is 16.2 Å². The second kappa shape index (κ2) is 6.50. The van der Waals surface area contributed by atoms with Crippen LogP contribution < -0.4 is 10.3 Å². The molecule has 0 amide bonds. The summed E-state index contributed by atoms with van der Waals surface area (Å²) in [5.74, 6) is 0.151. The number of fused-ring (bicyclic) bond motifs is 1. The lowest BCUT2D eigenvalue weighted by Crippen LogP contribution is -2.22. The molecule has 0 atom stereocenters. The molecule has 6 heteroatoms. The van der Waals surface area contributed by atoms with Gasteiger partial charge in [-0.15, -0.1) is 0 Å². The Balaban J connectivity index is 2.04. The summed E-state index contributed by atoms with van der Waals surface area (Å²) in [6, 6.07) is 10.6. The van der Waals surface area contributed by atoms with Crippen molar-refractivity contribution in [3.8, 4) is 5.75 Å². The van der Waals surface area contributed by atoms with Crippen LogP contribution in [0.1, 0.15) is 12.5 Å². The van der Waals surface area contributed by atoms with E-state index in [1.54, 1.807) is 12.1 Å². The van der Waals surface area contributed by atoms with Gasteiger partial charge in [0.25, 0.3) is 5.56 Å². The second-order valence-corrected chi connectivity index (χ2v) is 5.87. The van der Waals surface area contributed by atoms with E-state index >= 15 is 0 Å². The number of ether oxygens (including phenoxy) is 1. The molecule has 0 saturated carbocycles. The van der Waals surface area contributed by atoms with Crippen LogP contribution in [0.25, 0.3) is 10.9 Å². The fourth-order valence-electron chi connectivity index (χ4n) is 2.39. The third-order valence-corrected chi connectivity index (χ3v) is 4.06. The van der Waals surface area contributed by atoms with Crippen LogP contribution in [0.3, 0.4) is 0 Å². The van der Waals surface area contributed by atoms with Crippen LogP contribution in [-0.2, 0) is 6.54 Å². The Morgan fingerprint density at radius 2 is 2.13 bits per heavy atom. The van der Waals surface area contributed by atoms with E-state index in [2.05, 4.69) is 20.9 Å². The highest BCUT2D eigenvalue weighted by atomic mass is 79.9. The van der Waals surface area contributed by atoms with Gasteiger partial charge in [-0.3, -0.25) is 9.36 Å². The van der Waals surface area contributed by atoms with Gasteiger partial charge in [0.2, 0.25) is 0 Å². The van der Waals surface area contributed by atoms with Crippen LogP contribution >= 0.6 is 15.9 Å². The maximum Gasteiger partial charge on any atom is 0.264 e. The Hall–Kier alpha value is -2.21. The van der Waals surface area contributed by atoms with E-state index in [1.165, 1.54) is 10.9 Å². The van der Waals surface area contributed by atoms with Gasteiger partial charge in [-0.1, -0.05) is 12.1 Å². The van der Waals surface area contributed by atoms with E-state index in [-0.39, 0.29) is 9.86 Å². The summed E-state index contributed by atoms with van der Waals surface area (Å²) in [6.07, 6.45) is 1.44. The summed E-state index contributed by atoms with van der Waals surface area (Å²) < 4.78 is 21.3. The molecule has 0 unspecified atom stereocenters. The second-order valence-electron chi connectivity index (χ2n) is 5.01. The molecule has 0 aliphatic rings. The summed E-state index contributed by atoms with van der Waals surface area (Å²) in [7, 11) is 0. The molecule has 3 aromatic rings. The number of nitrogens with zero attached hydrogens (tertiary/aromatic N) is 2. The van der Waals surface area contributed by atoms with Crippen molar-refractivity contribution < 1.29 is 9.13 Å². The summed E-state index contributed by atoms with van der Waals surface area (Å²) in [6.45, 7) is 2.78. The van der Waals surface area contributed by atoms with Crippen molar-refractivity contribution in [2.45, 2.75) is 13.5 Å². The first-order valence-electron chi connectivity index (χ1n) is 7.15. The van der Waals surface area contributed by atoms with Gasteiger partial charge >= 0.3 is 0 Å². The minimum absolute atomic E-state index is 0.0113. The Kier molecular flexibility index (Phi) is 4.43. The van der Waals surface area contributed by atoms with Crippen LogP contribution in [0.5, 0.6) is 5.75 Å². The monoisotopic (exact) mass is 376 g/mol. The molecule has 0 spiro atoms. The van der Waals surface area contributed by atoms with Crippen LogP contribution in [0.15, 0.2) is 52.0 Å². The maximum absolute atomic E-state index is 14.2. The lowest BCUT2D eigenvalue weighted by Gasteiger charge is -2.09. The van der Waals surface area contributed by atoms with Gasteiger partial charge in [-0.05, 0) is 52.7 Å². The average molecular weight is 377 g/mol. The largest absolute Gasteiger partial charge is 0.494 e. The van der Waals surface area contributed by atoms with Crippen molar-refractivity contribution in [1.82, 2.24) is 9.55 Å². The normalized spacial score (nSPS) is 10.9. The molecular formula is C17H14BrFN2O2. The molecule has 0 N–H and O–H groups in total. The number of hydrogen-bond acceptors (Lipinski definition) is 3. The number of benzene rings is 2. The number of halogens is 2. The molecule has 118 valence electrons. The molecule has 0 aliphatic carbocycles. The van der Waals surface area contributed by atoms with Crippen molar-refractivity contribution in [3.05, 3.63) is 68.9 Å². The first kappa shape index (κ1) is 15.7. The number of aromatic nitrogens is 2. The number of hydrogen-bond donors (Lipinski definition) is 0. The zero-order valence-corrected chi connectivity index (χ0v) is 14.0. The average Bonchev–Trinajstić information content (AvgIpc) is 2.54. The van der Waals surface area contributed by atoms with E-state index in [4.69, 9.17) is 4.74 Å². The molecule has 0 bridgehead atoms. The molecule has 3 rings (SSSR count). The first-order chi connectivity index (χ1) is 11.1. The third kappa shape index (κ3) is 3.12. The standard InChI is InChI=1S/C17H14BrFN2O2/c1-2-23-12-5-3-4-11(8-12)9-21-10-20-14-7-6-13(18)16(19)15(14)17(21)22/h3-8,10H,2,9H2,1H3. The topological polar surface area (TPSA) is 44.1 Å². The molecule has 0 aliphatic heterocycles. The maximum atomic E-state index is 14.2. The molecular weight excluding hydrogens is 363 g/mol. The van der Waals surface area contributed by atoms with Gasteiger partial charge in [0.15, 0.2) is 5.82 Å². The third-order valence-electron chi connectivity index (χ3n) is 3.45. The van der Waals surface area contributed by atoms with Crippen molar-refractivity contribution in [2.75, 3.05) is 6.61 Å². The quantitative estimate of drug-likeness (QED) is 0.696. The molecule has 1 aromatic heterocycles.